The number of carbonyl (C=O) groups is 2. The first-order chi connectivity index (χ1) is 6.51. The van der Waals surface area contributed by atoms with Crippen molar-refractivity contribution in [2.75, 3.05) is 0 Å². The number of carbonyl (C=O) groups excluding carboxylic acids is 2. The van der Waals surface area contributed by atoms with Gasteiger partial charge in [-0.2, -0.15) is 0 Å². The van der Waals surface area contributed by atoms with Gasteiger partial charge in [0.15, 0.2) is 10.9 Å². The molecule has 0 aliphatic carbocycles. The Morgan fingerprint density at radius 1 is 1.43 bits per heavy atom. The van der Waals surface area contributed by atoms with Crippen LogP contribution in [-0.4, -0.2) is 15.6 Å². The van der Waals surface area contributed by atoms with E-state index in [1.165, 1.54) is 11.8 Å². The van der Waals surface area contributed by atoms with Crippen molar-refractivity contribution in [2.24, 2.45) is 5.92 Å². The SMILES string of the molecule is CC/C=C/CC1(C)SC(=O)C(C)C1=O. The van der Waals surface area contributed by atoms with E-state index in [1.54, 1.807) is 6.92 Å². The van der Waals surface area contributed by atoms with E-state index < -0.39 is 10.7 Å². The van der Waals surface area contributed by atoms with Crippen molar-refractivity contribution in [2.45, 2.75) is 38.4 Å². The van der Waals surface area contributed by atoms with Crippen LogP contribution in [0, 0.1) is 5.92 Å². The summed E-state index contributed by atoms with van der Waals surface area (Å²) in [6, 6.07) is 0. The lowest BCUT2D eigenvalue weighted by Gasteiger charge is -2.17. The maximum atomic E-state index is 11.8. The molecule has 0 spiro atoms. The van der Waals surface area contributed by atoms with Gasteiger partial charge in [0, 0.05) is 0 Å². The molecule has 1 rings (SSSR count). The van der Waals surface area contributed by atoms with E-state index in [0.29, 0.717) is 6.42 Å². The standard InChI is InChI=1S/C11H16O2S/c1-4-5-6-7-11(3)9(12)8(2)10(13)14-11/h5-6,8H,4,7H2,1-3H3/b6-5+. The Hall–Kier alpha value is -0.570. The zero-order chi connectivity index (χ0) is 10.8. The minimum atomic E-state index is -0.512. The number of allylic oxidation sites excluding steroid dienone is 2. The summed E-state index contributed by atoms with van der Waals surface area (Å²) in [6.07, 6.45) is 5.67. The molecule has 0 aromatic heterocycles. The lowest BCUT2D eigenvalue weighted by molar-refractivity contribution is -0.127. The minimum absolute atomic E-state index is 0.0161. The molecule has 0 N–H and O–H groups in total. The van der Waals surface area contributed by atoms with E-state index in [0.717, 1.165) is 6.42 Å². The summed E-state index contributed by atoms with van der Waals surface area (Å²) >= 11 is 1.19. The highest BCUT2D eigenvalue weighted by atomic mass is 32.2. The second kappa shape index (κ2) is 4.30. The lowest BCUT2D eigenvalue weighted by atomic mass is 9.93. The topological polar surface area (TPSA) is 34.1 Å². The fraction of sp³-hybridized carbons (Fsp3) is 0.636. The first-order valence-electron chi connectivity index (χ1n) is 4.93. The fourth-order valence-corrected chi connectivity index (χ4v) is 2.73. The van der Waals surface area contributed by atoms with Gasteiger partial charge in [-0.1, -0.05) is 30.8 Å². The minimum Gasteiger partial charge on any atom is -0.297 e. The van der Waals surface area contributed by atoms with Crippen LogP contribution in [0.2, 0.25) is 0 Å². The number of rotatable bonds is 3. The largest absolute Gasteiger partial charge is 0.297 e. The van der Waals surface area contributed by atoms with Gasteiger partial charge in [0.1, 0.15) is 0 Å². The highest BCUT2D eigenvalue weighted by molar-refractivity contribution is 8.16. The van der Waals surface area contributed by atoms with E-state index in [-0.39, 0.29) is 10.9 Å². The molecule has 1 saturated heterocycles. The van der Waals surface area contributed by atoms with Gasteiger partial charge < -0.3 is 0 Å². The van der Waals surface area contributed by atoms with E-state index in [9.17, 15) is 9.59 Å². The van der Waals surface area contributed by atoms with Crippen molar-refractivity contribution in [1.29, 1.82) is 0 Å². The van der Waals surface area contributed by atoms with Crippen molar-refractivity contribution in [3.63, 3.8) is 0 Å². The monoisotopic (exact) mass is 212 g/mol. The van der Waals surface area contributed by atoms with Crippen LogP contribution in [-0.2, 0) is 9.59 Å². The summed E-state index contributed by atoms with van der Waals surface area (Å²) in [4.78, 5) is 23.1. The molecule has 0 amide bonds. The molecule has 2 atom stereocenters. The molecule has 1 aliphatic rings. The zero-order valence-corrected chi connectivity index (χ0v) is 9.69. The Morgan fingerprint density at radius 2 is 2.07 bits per heavy atom. The summed E-state index contributed by atoms with van der Waals surface area (Å²) in [5.41, 5.74) is 0. The second-order valence-corrected chi connectivity index (χ2v) is 5.33. The van der Waals surface area contributed by atoms with Crippen LogP contribution < -0.4 is 0 Å². The van der Waals surface area contributed by atoms with Gasteiger partial charge >= 0.3 is 0 Å². The molecule has 2 nitrogen and oxygen atoms in total. The molecular weight excluding hydrogens is 196 g/mol. The predicted octanol–water partition coefficient (Wildman–Crippen LogP) is 2.58. The number of ketones is 1. The van der Waals surface area contributed by atoms with E-state index in [1.807, 2.05) is 19.1 Å². The number of hydrogen-bond acceptors (Lipinski definition) is 3. The second-order valence-electron chi connectivity index (χ2n) is 3.82. The first-order valence-corrected chi connectivity index (χ1v) is 5.75. The highest BCUT2D eigenvalue weighted by Gasteiger charge is 2.47. The van der Waals surface area contributed by atoms with Gasteiger partial charge in [0.05, 0.1) is 10.7 Å². The molecule has 1 aliphatic heterocycles. The third-order valence-electron chi connectivity index (χ3n) is 2.50. The summed E-state index contributed by atoms with van der Waals surface area (Å²) in [5.74, 6) is -0.340. The Labute approximate surface area is 89.1 Å². The molecular formula is C11H16O2S. The maximum absolute atomic E-state index is 11.8. The van der Waals surface area contributed by atoms with E-state index >= 15 is 0 Å². The molecule has 78 valence electrons. The van der Waals surface area contributed by atoms with Crippen molar-refractivity contribution in [1.82, 2.24) is 0 Å². The molecule has 0 bridgehead atoms. The Bertz CT molecular complexity index is 283. The summed E-state index contributed by atoms with van der Waals surface area (Å²) < 4.78 is -0.512. The van der Waals surface area contributed by atoms with E-state index in [4.69, 9.17) is 0 Å². The van der Waals surface area contributed by atoms with Crippen molar-refractivity contribution in [3.8, 4) is 0 Å². The molecule has 0 saturated carbocycles. The van der Waals surface area contributed by atoms with Gasteiger partial charge in [0.2, 0.25) is 0 Å². The number of thioether (sulfide) groups is 1. The van der Waals surface area contributed by atoms with Crippen molar-refractivity contribution >= 4 is 22.7 Å². The third-order valence-corrected chi connectivity index (χ3v) is 3.88. The summed E-state index contributed by atoms with van der Waals surface area (Å²) in [7, 11) is 0. The van der Waals surface area contributed by atoms with E-state index in [2.05, 4.69) is 6.92 Å². The highest BCUT2D eigenvalue weighted by Crippen LogP contribution is 2.41. The Kier molecular flexibility index (Phi) is 3.53. The molecule has 14 heavy (non-hydrogen) atoms. The molecule has 2 unspecified atom stereocenters. The molecule has 0 radical (unpaired) electrons. The quantitative estimate of drug-likeness (QED) is 0.532. The smallest absolute Gasteiger partial charge is 0.200 e. The average molecular weight is 212 g/mol. The van der Waals surface area contributed by atoms with Crippen molar-refractivity contribution < 1.29 is 9.59 Å². The van der Waals surface area contributed by atoms with Gasteiger partial charge in [-0.3, -0.25) is 9.59 Å². The molecule has 0 aromatic carbocycles. The first kappa shape index (κ1) is 11.5. The summed E-state index contributed by atoms with van der Waals surface area (Å²) in [5, 5.41) is 0.0161. The van der Waals surface area contributed by atoms with Crippen LogP contribution in [0.4, 0.5) is 0 Å². The fourth-order valence-electron chi connectivity index (χ4n) is 1.54. The van der Waals surface area contributed by atoms with Crippen LogP contribution in [0.25, 0.3) is 0 Å². The molecule has 1 heterocycles. The normalized spacial score (nSPS) is 33.2. The Balaban J connectivity index is 2.71. The molecule has 1 fully saturated rings. The number of hydrogen-bond donors (Lipinski definition) is 0. The van der Waals surface area contributed by atoms with Crippen LogP contribution >= 0.6 is 11.8 Å². The van der Waals surface area contributed by atoms with Crippen LogP contribution in [0.1, 0.15) is 33.6 Å². The number of Topliss-reactive ketones (excluding diaryl/α,β-unsaturated/α-hetero) is 1. The van der Waals surface area contributed by atoms with Crippen LogP contribution in [0.3, 0.4) is 0 Å². The average Bonchev–Trinajstić information content (AvgIpc) is 2.32. The molecule has 0 aromatic rings. The molecule has 3 heteroatoms. The lowest BCUT2D eigenvalue weighted by Crippen LogP contribution is -2.28. The Morgan fingerprint density at radius 3 is 2.50 bits per heavy atom. The van der Waals surface area contributed by atoms with Gasteiger partial charge in [-0.05, 0) is 26.7 Å². The third kappa shape index (κ3) is 2.08. The zero-order valence-electron chi connectivity index (χ0n) is 8.87. The summed E-state index contributed by atoms with van der Waals surface area (Å²) in [6.45, 7) is 5.62. The van der Waals surface area contributed by atoms with Gasteiger partial charge in [0.25, 0.3) is 0 Å². The van der Waals surface area contributed by atoms with Gasteiger partial charge in [-0.15, -0.1) is 0 Å². The van der Waals surface area contributed by atoms with Crippen molar-refractivity contribution in [3.05, 3.63) is 12.2 Å². The van der Waals surface area contributed by atoms with Crippen LogP contribution in [0.5, 0.6) is 0 Å². The predicted molar refractivity (Wildman–Crippen MR) is 59.2 cm³/mol. The maximum Gasteiger partial charge on any atom is 0.200 e. The van der Waals surface area contributed by atoms with Gasteiger partial charge in [-0.25, -0.2) is 0 Å². The van der Waals surface area contributed by atoms with Crippen LogP contribution in [0.15, 0.2) is 12.2 Å².